The molecule has 0 saturated carbocycles. The molecule has 0 spiro atoms. The molecule has 1 atom stereocenters. The lowest BCUT2D eigenvalue weighted by Crippen LogP contribution is -2.36. The van der Waals surface area contributed by atoms with Crippen LogP contribution in [0.5, 0.6) is 0 Å². The number of nitrogens with zero attached hydrogens (tertiary/aromatic N) is 1. The predicted octanol–water partition coefficient (Wildman–Crippen LogP) is 1.11. The molecule has 0 bridgehead atoms. The van der Waals surface area contributed by atoms with Crippen molar-refractivity contribution in [3.8, 4) is 0 Å². The van der Waals surface area contributed by atoms with Crippen LogP contribution in [0.4, 0.5) is 0 Å². The van der Waals surface area contributed by atoms with Gasteiger partial charge in [-0.2, -0.15) is 16.1 Å². The van der Waals surface area contributed by atoms with E-state index in [0.717, 1.165) is 5.75 Å². The van der Waals surface area contributed by atoms with Gasteiger partial charge in [0.2, 0.25) is 5.09 Å². The first-order chi connectivity index (χ1) is 7.93. The average Bonchev–Trinajstić information content (AvgIpc) is 2.77. The summed E-state index contributed by atoms with van der Waals surface area (Å²) in [4.78, 5) is 0. The third-order valence-electron chi connectivity index (χ3n) is 2.50. The molecule has 7 heteroatoms. The van der Waals surface area contributed by atoms with Crippen molar-refractivity contribution in [1.29, 1.82) is 0 Å². The van der Waals surface area contributed by atoms with E-state index in [1.54, 1.807) is 24.9 Å². The summed E-state index contributed by atoms with van der Waals surface area (Å²) in [6.45, 7) is 2.06. The standard InChI is InChI=1S/C10H18N2O3S2/c1-8(7-16-3)12(2)17(13,14)10-5-4-9(6-11)15-10/h4-5,8H,6-7,11H2,1-3H3. The molecular formula is C10H18N2O3S2. The molecule has 5 nitrogen and oxygen atoms in total. The molecule has 0 aromatic carbocycles. The third-order valence-corrected chi connectivity index (χ3v) is 5.16. The highest BCUT2D eigenvalue weighted by molar-refractivity contribution is 7.98. The van der Waals surface area contributed by atoms with Gasteiger partial charge < -0.3 is 10.2 Å². The van der Waals surface area contributed by atoms with Crippen molar-refractivity contribution in [2.75, 3.05) is 19.1 Å². The fourth-order valence-corrected chi connectivity index (χ4v) is 3.42. The Labute approximate surface area is 106 Å². The summed E-state index contributed by atoms with van der Waals surface area (Å²) in [5.41, 5.74) is 5.38. The van der Waals surface area contributed by atoms with Crippen LogP contribution in [0.25, 0.3) is 0 Å². The van der Waals surface area contributed by atoms with Gasteiger partial charge in [0.25, 0.3) is 10.0 Å². The Morgan fingerprint density at radius 1 is 1.53 bits per heavy atom. The molecule has 1 aromatic rings. The second kappa shape index (κ2) is 5.90. The highest BCUT2D eigenvalue weighted by Gasteiger charge is 2.27. The van der Waals surface area contributed by atoms with Crippen molar-refractivity contribution in [2.24, 2.45) is 5.73 Å². The van der Waals surface area contributed by atoms with E-state index < -0.39 is 10.0 Å². The van der Waals surface area contributed by atoms with E-state index in [2.05, 4.69) is 0 Å². The lowest BCUT2D eigenvalue weighted by Gasteiger charge is -2.22. The molecule has 0 aliphatic carbocycles. The van der Waals surface area contributed by atoms with Crippen LogP contribution >= 0.6 is 11.8 Å². The van der Waals surface area contributed by atoms with E-state index in [1.165, 1.54) is 10.4 Å². The van der Waals surface area contributed by atoms with Gasteiger partial charge in [-0.3, -0.25) is 0 Å². The Kier molecular flexibility index (Phi) is 5.05. The third kappa shape index (κ3) is 3.25. The molecule has 0 saturated heterocycles. The Hall–Kier alpha value is -0.500. The van der Waals surface area contributed by atoms with Gasteiger partial charge in [0, 0.05) is 18.8 Å². The Morgan fingerprint density at radius 3 is 2.65 bits per heavy atom. The van der Waals surface area contributed by atoms with Gasteiger partial charge in [-0.05, 0) is 25.3 Å². The van der Waals surface area contributed by atoms with Crippen molar-refractivity contribution < 1.29 is 12.8 Å². The second-order valence-corrected chi connectivity index (χ2v) is 6.59. The maximum atomic E-state index is 12.2. The van der Waals surface area contributed by atoms with Crippen LogP contribution in [-0.4, -0.2) is 37.8 Å². The molecular weight excluding hydrogens is 260 g/mol. The maximum Gasteiger partial charge on any atom is 0.276 e. The lowest BCUT2D eigenvalue weighted by atomic mass is 10.4. The average molecular weight is 278 g/mol. The molecule has 0 fully saturated rings. The number of nitrogens with two attached hydrogens (primary N) is 1. The minimum atomic E-state index is -3.55. The quantitative estimate of drug-likeness (QED) is 0.843. The largest absolute Gasteiger partial charge is 0.447 e. The van der Waals surface area contributed by atoms with Gasteiger partial charge in [-0.25, -0.2) is 8.42 Å². The molecule has 0 radical (unpaired) electrons. The van der Waals surface area contributed by atoms with Crippen molar-refractivity contribution >= 4 is 21.8 Å². The number of hydrogen-bond donors (Lipinski definition) is 1. The summed E-state index contributed by atoms with van der Waals surface area (Å²) in [6, 6.07) is 2.95. The number of hydrogen-bond acceptors (Lipinski definition) is 5. The zero-order chi connectivity index (χ0) is 13.1. The van der Waals surface area contributed by atoms with E-state index in [4.69, 9.17) is 10.2 Å². The maximum absolute atomic E-state index is 12.2. The van der Waals surface area contributed by atoms with Crippen LogP contribution in [0.1, 0.15) is 12.7 Å². The van der Waals surface area contributed by atoms with E-state index in [0.29, 0.717) is 5.76 Å². The highest BCUT2D eigenvalue weighted by atomic mass is 32.2. The van der Waals surface area contributed by atoms with Gasteiger partial charge in [-0.1, -0.05) is 0 Å². The van der Waals surface area contributed by atoms with Crippen LogP contribution in [0.15, 0.2) is 21.6 Å². The number of thioether (sulfide) groups is 1. The minimum absolute atomic E-state index is 0.0478. The zero-order valence-electron chi connectivity index (χ0n) is 10.2. The van der Waals surface area contributed by atoms with Crippen molar-refractivity contribution in [3.63, 3.8) is 0 Å². The summed E-state index contributed by atoms with van der Waals surface area (Å²) < 4.78 is 30.8. The Balaban J connectivity index is 2.94. The van der Waals surface area contributed by atoms with Crippen molar-refractivity contribution in [1.82, 2.24) is 4.31 Å². The predicted molar refractivity (Wildman–Crippen MR) is 69.4 cm³/mol. The fourth-order valence-electron chi connectivity index (χ4n) is 1.33. The normalized spacial score (nSPS) is 14.2. The van der Waals surface area contributed by atoms with E-state index in [1.807, 2.05) is 13.2 Å². The molecule has 1 aromatic heterocycles. The summed E-state index contributed by atoms with van der Waals surface area (Å²) in [5.74, 6) is 1.20. The fraction of sp³-hybridized carbons (Fsp3) is 0.600. The summed E-state index contributed by atoms with van der Waals surface area (Å²) in [7, 11) is -2.00. The van der Waals surface area contributed by atoms with Gasteiger partial charge >= 0.3 is 0 Å². The van der Waals surface area contributed by atoms with Crippen LogP contribution < -0.4 is 5.73 Å². The molecule has 1 rings (SSSR count). The highest BCUT2D eigenvalue weighted by Crippen LogP contribution is 2.20. The van der Waals surface area contributed by atoms with Gasteiger partial charge in [0.05, 0.1) is 6.54 Å². The minimum Gasteiger partial charge on any atom is -0.447 e. The first kappa shape index (κ1) is 14.6. The topological polar surface area (TPSA) is 76.5 Å². The van der Waals surface area contributed by atoms with Gasteiger partial charge in [0.15, 0.2) is 0 Å². The van der Waals surface area contributed by atoms with Crippen LogP contribution in [0, 0.1) is 0 Å². The number of furan rings is 1. The Bertz CT molecular complexity index is 456. The Morgan fingerprint density at radius 2 is 2.18 bits per heavy atom. The molecule has 17 heavy (non-hydrogen) atoms. The van der Waals surface area contributed by atoms with Crippen LogP contribution in [0.2, 0.25) is 0 Å². The molecule has 1 unspecified atom stereocenters. The van der Waals surface area contributed by atoms with E-state index in [9.17, 15) is 8.42 Å². The zero-order valence-corrected chi connectivity index (χ0v) is 11.8. The first-order valence-corrected chi connectivity index (χ1v) is 8.02. The molecule has 0 amide bonds. The smallest absolute Gasteiger partial charge is 0.276 e. The molecule has 98 valence electrons. The number of rotatable bonds is 6. The summed E-state index contributed by atoms with van der Waals surface area (Å²) in [5, 5.41) is -0.0478. The lowest BCUT2D eigenvalue weighted by molar-refractivity contribution is 0.369. The second-order valence-electron chi connectivity index (χ2n) is 3.75. The van der Waals surface area contributed by atoms with E-state index >= 15 is 0 Å². The SMILES string of the molecule is CSCC(C)N(C)S(=O)(=O)c1ccc(CN)o1. The summed E-state index contributed by atoms with van der Waals surface area (Å²) in [6.07, 6.45) is 1.94. The molecule has 2 N–H and O–H groups in total. The van der Waals surface area contributed by atoms with Crippen LogP contribution in [0.3, 0.4) is 0 Å². The first-order valence-electron chi connectivity index (χ1n) is 5.19. The monoisotopic (exact) mass is 278 g/mol. The van der Waals surface area contributed by atoms with Crippen LogP contribution in [-0.2, 0) is 16.6 Å². The van der Waals surface area contributed by atoms with Crippen molar-refractivity contribution in [2.45, 2.75) is 24.6 Å². The molecule has 0 aliphatic rings. The summed E-state index contributed by atoms with van der Waals surface area (Å²) >= 11 is 1.60. The van der Waals surface area contributed by atoms with E-state index in [-0.39, 0.29) is 17.7 Å². The van der Waals surface area contributed by atoms with Crippen molar-refractivity contribution in [3.05, 3.63) is 17.9 Å². The number of sulfonamides is 1. The van der Waals surface area contributed by atoms with Gasteiger partial charge in [-0.15, -0.1) is 0 Å². The van der Waals surface area contributed by atoms with Gasteiger partial charge in [0.1, 0.15) is 5.76 Å². The molecule has 1 heterocycles. The molecule has 0 aliphatic heterocycles.